The van der Waals surface area contributed by atoms with Crippen molar-refractivity contribution < 1.29 is 42.9 Å². The van der Waals surface area contributed by atoms with E-state index in [1.807, 2.05) is 24.3 Å². The molecule has 2 N–H and O–H groups in total. The summed E-state index contributed by atoms with van der Waals surface area (Å²) in [5, 5.41) is 7.91. The van der Waals surface area contributed by atoms with Gasteiger partial charge in [0.25, 0.3) is 11.8 Å². The van der Waals surface area contributed by atoms with E-state index in [0.29, 0.717) is 100 Å². The van der Waals surface area contributed by atoms with Crippen LogP contribution in [0.2, 0.25) is 0 Å². The molecule has 3 aromatic rings. The molecule has 3 heterocycles. The second kappa shape index (κ2) is 20.5. The summed E-state index contributed by atoms with van der Waals surface area (Å²) in [6.45, 7) is 8.78. The van der Waals surface area contributed by atoms with Crippen LogP contribution in [0.4, 0.5) is 5.69 Å². The number of carbonyl (C=O) groups excluding carboxylic acids is 5. The minimum atomic E-state index is -1.01. The molecule has 0 spiro atoms. The Morgan fingerprint density at radius 3 is 2.30 bits per heavy atom. The fourth-order valence-electron chi connectivity index (χ4n) is 13.7. The molecule has 5 fully saturated rings. The van der Waals surface area contributed by atoms with Crippen molar-refractivity contribution in [1.82, 2.24) is 20.1 Å². The zero-order chi connectivity index (χ0) is 46.7. The highest BCUT2D eigenvalue weighted by Gasteiger charge is 2.60. The Balaban J connectivity index is 0.611. The Hall–Kier alpha value is -4.76. The van der Waals surface area contributed by atoms with Gasteiger partial charge in [0.15, 0.2) is 0 Å². The summed E-state index contributed by atoms with van der Waals surface area (Å²) in [5.74, 6) is 1.73. The van der Waals surface area contributed by atoms with Gasteiger partial charge in [-0.15, -0.1) is 0 Å². The monoisotopic (exact) mass is 920 g/mol. The molecule has 0 radical (unpaired) electrons. The first kappa shape index (κ1) is 47.3. The van der Waals surface area contributed by atoms with E-state index in [-0.39, 0.29) is 29.9 Å². The molecule has 3 unspecified atom stereocenters. The summed E-state index contributed by atoms with van der Waals surface area (Å²) < 4.78 is 22.7. The number of fused-ring (bicyclic) bond motifs is 7. The Bertz CT molecular complexity index is 2320. The van der Waals surface area contributed by atoms with E-state index in [2.05, 4.69) is 53.7 Å². The van der Waals surface area contributed by atoms with Crippen LogP contribution in [-0.2, 0) is 33.3 Å². The number of imide groups is 2. The van der Waals surface area contributed by atoms with Gasteiger partial charge in [-0.3, -0.25) is 39.2 Å². The van der Waals surface area contributed by atoms with Crippen LogP contribution in [-0.4, -0.2) is 123 Å². The number of nitrogens with zero attached hydrogens (tertiary/aromatic N) is 3. The molecule has 9 atom stereocenters. The second-order valence-electron chi connectivity index (χ2n) is 20.5. The lowest BCUT2D eigenvalue weighted by molar-refractivity contribution is -0.141. The third-order valence-electron chi connectivity index (χ3n) is 17.3. The van der Waals surface area contributed by atoms with Gasteiger partial charge in [-0.05, 0) is 140 Å². The normalized spacial score (nSPS) is 30.1. The average molecular weight is 920 g/mol. The summed E-state index contributed by atoms with van der Waals surface area (Å²) in [7, 11) is 2.00. The van der Waals surface area contributed by atoms with E-state index >= 15 is 0 Å². The number of piperidine rings is 1. The maximum Gasteiger partial charge on any atom is 0.264 e. The van der Waals surface area contributed by atoms with Crippen molar-refractivity contribution in [2.24, 2.45) is 34.5 Å². The molecule has 4 aliphatic carbocycles. The van der Waals surface area contributed by atoms with Crippen LogP contribution in [0, 0.1) is 34.5 Å². The van der Waals surface area contributed by atoms with E-state index in [1.54, 1.807) is 18.2 Å². The standard InChI is InChI=1S/C53H69N5O9/c1-52-19-15-38(32-37(52)9-10-39-42-12-11-41(53(42,2)20-16-43(39)52)35-8-7-34-17-21-54-33-36(34)31-35)57(3)47(60)18-23-64-25-27-66-29-30-67-28-26-65-24-22-55-44-6-4-5-40-48(44)51(63)58(50(40)62)45-13-14-46(59)56-49(45)61/h4-8,17,21,31,33,37-39,41-43,45,55H,9-16,18-20,22-30,32H2,1-3H3,(H,56,59,61)/t37-,38?,39-,41?,42-,43+,45?,52+,53-/m1/s1. The third kappa shape index (κ3) is 9.52. The van der Waals surface area contributed by atoms with Gasteiger partial charge < -0.3 is 29.2 Å². The molecule has 5 amide bonds. The third-order valence-corrected chi connectivity index (χ3v) is 17.3. The van der Waals surface area contributed by atoms with Gasteiger partial charge in [-0.2, -0.15) is 0 Å². The van der Waals surface area contributed by atoms with Gasteiger partial charge >= 0.3 is 0 Å². The molecular weight excluding hydrogens is 851 g/mol. The first-order valence-corrected chi connectivity index (χ1v) is 25.0. The molecule has 14 heteroatoms. The van der Waals surface area contributed by atoms with Crippen molar-refractivity contribution in [3.8, 4) is 0 Å². The van der Waals surface area contributed by atoms with Crippen molar-refractivity contribution >= 4 is 46.0 Å². The van der Waals surface area contributed by atoms with Gasteiger partial charge in [-0.1, -0.05) is 32.0 Å². The van der Waals surface area contributed by atoms with E-state index in [9.17, 15) is 24.0 Å². The van der Waals surface area contributed by atoms with Crippen LogP contribution in [0.15, 0.2) is 54.9 Å². The molecule has 6 aliphatic rings. The first-order chi connectivity index (χ1) is 32.5. The highest BCUT2D eigenvalue weighted by atomic mass is 16.6. The number of amides is 5. The Kier molecular flexibility index (Phi) is 14.4. The van der Waals surface area contributed by atoms with E-state index in [1.165, 1.54) is 61.3 Å². The van der Waals surface area contributed by atoms with E-state index < -0.39 is 29.7 Å². The van der Waals surface area contributed by atoms with Gasteiger partial charge in [-0.25, -0.2) is 0 Å². The summed E-state index contributed by atoms with van der Waals surface area (Å²) in [6, 6.07) is 13.5. The predicted molar refractivity (Wildman–Crippen MR) is 252 cm³/mol. The van der Waals surface area contributed by atoms with Crippen LogP contribution in [0.3, 0.4) is 0 Å². The largest absolute Gasteiger partial charge is 0.382 e. The molecule has 2 aliphatic heterocycles. The number of anilines is 1. The molecule has 9 rings (SSSR count). The van der Waals surface area contributed by atoms with Crippen molar-refractivity contribution in [3.05, 3.63) is 71.5 Å². The lowest BCUT2D eigenvalue weighted by Crippen LogP contribution is -2.55. The zero-order valence-corrected chi connectivity index (χ0v) is 39.6. The second-order valence-corrected chi connectivity index (χ2v) is 20.5. The quantitative estimate of drug-likeness (QED) is 0.0926. The molecule has 4 saturated carbocycles. The first-order valence-electron chi connectivity index (χ1n) is 25.0. The predicted octanol–water partition coefficient (Wildman–Crippen LogP) is 7.16. The van der Waals surface area contributed by atoms with Gasteiger partial charge in [0, 0.05) is 49.5 Å². The Morgan fingerprint density at radius 2 is 1.52 bits per heavy atom. The van der Waals surface area contributed by atoms with E-state index in [0.717, 1.165) is 35.5 Å². The summed E-state index contributed by atoms with van der Waals surface area (Å²) >= 11 is 0. The highest BCUT2D eigenvalue weighted by molar-refractivity contribution is 6.25. The van der Waals surface area contributed by atoms with Gasteiger partial charge in [0.2, 0.25) is 17.7 Å². The minimum Gasteiger partial charge on any atom is -0.382 e. The van der Waals surface area contributed by atoms with Crippen LogP contribution in [0.1, 0.15) is 123 Å². The summed E-state index contributed by atoms with van der Waals surface area (Å²) in [5.41, 5.74) is 3.17. The number of rotatable bonds is 19. The summed E-state index contributed by atoms with van der Waals surface area (Å²) in [4.78, 5) is 71.0. The average Bonchev–Trinajstić information content (AvgIpc) is 3.82. The van der Waals surface area contributed by atoms with Crippen molar-refractivity contribution in [2.45, 2.75) is 109 Å². The van der Waals surface area contributed by atoms with E-state index in [4.69, 9.17) is 18.9 Å². The molecule has 0 bridgehead atoms. The topological polar surface area (TPSA) is 166 Å². The minimum absolute atomic E-state index is 0.0668. The maximum atomic E-state index is 13.4. The lowest BCUT2D eigenvalue weighted by atomic mass is 9.44. The summed E-state index contributed by atoms with van der Waals surface area (Å²) in [6.07, 6.45) is 15.8. The number of pyridine rings is 1. The number of hydrogen-bond acceptors (Lipinski definition) is 11. The highest BCUT2D eigenvalue weighted by Crippen LogP contribution is 2.69. The fraction of sp³-hybridized carbons (Fsp3) is 0.623. The Labute approximate surface area is 394 Å². The number of benzene rings is 2. The number of hydrogen-bond donors (Lipinski definition) is 2. The number of nitrogens with one attached hydrogen (secondary N) is 2. The molecular formula is C53H69N5O9. The van der Waals surface area contributed by atoms with Crippen LogP contribution in [0.5, 0.6) is 0 Å². The lowest BCUT2D eigenvalue weighted by Gasteiger charge is -2.61. The molecule has 14 nitrogen and oxygen atoms in total. The van der Waals surface area contributed by atoms with Crippen molar-refractivity contribution in [3.63, 3.8) is 0 Å². The number of ether oxygens (including phenoxy) is 4. The molecule has 1 aromatic heterocycles. The molecule has 2 aromatic carbocycles. The Morgan fingerprint density at radius 1 is 0.791 bits per heavy atom. The number of carbonyl (C=O) groups is 5. The molecule has 67 heavy (non-hydrogen) atoms. The zero-order valence-electron chi connectivity index (χ0n) is 39.6. The molecule has 360 valence electrons. The SMILES string of the molecule is CN(C(=O)CCOCCOCCOCCOCCNc1cccc2c1C(=O)N(C1CCC(=O)NC1=O)C2=O)C1CC[C@@]2(C)[C@H](CC[C@@H]3[C@H]4CCC(c5ccc6ccncc6c5)[C@@]4(C)CC[C@@H]32)C1. The van der Waals surface area contributed by atoms with Crippen molar-refractivity contribution in [1.29, 1.82) is 0 Å². The smallest absolute Gasteiger partial charge is 0.264 e. The maximum absolute atomic E-state index is 13.4. The molecule has 1 saturated heterocycles. The van der Waals surface area contributed by atoms with Crippen molar-refractivity contribution in [2.75, 3.05) is 71.8 Å². The van der Waals surface area contributed by atoms with Crippen LogP contribution >= 0.6 is 0 Å². The van der Waals surface area contributed by atoms with Crippen LogP contribution < -0.4 is 10.6 Å². The van der Waals surface area contributed by atoms with Gasteiger partial charge in [0.1, 0.15) is 6.04 Å². The van der Waals surface area contributed by atoms with Crippen LogP contribution in [0.25, 0.3) is 10.8 Å². The fourth-order valence-corrected chi connectivity index (χ4v) is 13.7. The van der Waals surface area contributed by atoms with Gasteiger partial charge in [0.05, 0.1) is 70.4 Å². The number of aromatic nitrogens is 1.